The summed E-state index contributed by atoms with van der Waals surface area (Å²) in [7, 11) is 0. The van der Waals surface area contributed by atoms with Gasteiger partial charge in [-0.15, -0.1) is 0 Å². The van der Waals surface area contributed by atoms with E-state index in [1.807, 2.05) is 0 Å². The lowest BCUT2D eigenvalue weighted by Gasteiger charge is -2.16. The Balaban J connectivity index is 2.59. The number of fused-ring (bicyclic) bond motifs is 1. The molecule has 9 heteroatoms. The predicted octanol–water partition coefficient (Wildman–Crippen LogP) is 2.15. The Morgan fingerprint density at radius 3 is 2.82 bits per heavy atom. The van der Waals surface area contributed by atoms with E-state index in [9.17, 15) is 14.3 Å². The molecule has 28 heavy (non-hydrogen) atoms. The summed E-state index contributed by atoms with van der Waals surface area (Å²) in [6.07, 6.45) is 4.66. The van der Waals surface area contributed by atoms with E-state index in [2.05, 4.69) is 23.5 Å². The maximum absolute atomic E-state index is 14.8. The van der Waals surface area contributed by atoms with Gasteiger partial charge in [0.05, 0.1) is 18.7 Å². The first kappa shape index (κ1) is 21.6. The highest BCUT2D eigenvalue weighted by molar-refractivity contribution is 6.30. The summed E-state index contributed by atoms with van der Waals surface area (Å²) in [5.74, 6) is -1.52. The largest absolute Gasteiger partial charge is 0.507 e. The van der Waals surface area contributed by atoms with Crippen molar-refractivity contribution in [1.82, 2.24) is 14.9 Å². The van der Waals surface area contributed by atoms with Gasteiger partial charge >= 0.3 is 0 Å². The number of allylic oxidation sites excluding steroid dienone is 4. The first-order chi connectivity index (χ1) is 13.4. The van der Waals surface area contributed by atoms with Crippen molar-refractivity contribution < 1.29 is 19.3 Å². The van der Waals surface area contributed by atoms with Crippen LogP contribution in [0.25, 0.3) is 10.9 Å². The number of hydrogen-bond acceptors (Lipinski definition) is 6. The van der Waals surface area contributed by atoms with Crippen molar-refractivity contribution in [1.29, 1.82) is 0 Å². The van der Waals surface area contributed by atoms with Gasteiger partial charge in [-0.1, -0.05) is 43.0 Å². The molecule has 0 radical (unpaired) electrons. The van der Waals surface area contributed by atoms with E-state index >= 15 is 0 Å². The van der Waals surface area contributed by atoms with Gasteiger partial charge in [0.1, 0.15) is 17.7 Å². The van der Waals surface area contributed by atoms with Crippen LogP contribution in [0.1, 0.15) is 0 Å². The fourth-order valence-electron chi connectivity index (χ4n) is 2.57. The summed E-state index contributed by atoms with van der Waals surface area (Å²) in [6.45, 7) is 8.09. The number of rotatable bonds is 10. The number of aromatic nitrogens is 2. The van der Waals surface area contributed by atoms with Gasteiger partial charge < -0.3 is 24.8 Å². The number of hydrogen-bond donors (Lipinski definition) is 3. The Hall–Kier alpha value is -2.68. The molecule has 0 aliphatic rings. The van der Waals surface area contributed by atoms with E-state index in [-0.39, 0.29) is 36.5 Å². The van der Waals surface area contributed by atoms with Crippen molar-refractivity contribution in [2.24, 2.45) is 0 Å². The van der Waals surface area contributed by atoms with Crippen molar-refractivity contribution in [2.45, 2.75) is 6.54 Å². The van der Waals surface area contributed by atoms with E-state index < -0.39 is 22.3 Å². The summed E-state index contributed by atoms with van der Waals surface area (Å²) in [5, 5.41) is 21.4. The molecule has 3 N–H and O–H groups in total. The zero-order valence-electron chi connectivity index (χ0n) is 15.1. The van der Waals surface area contributed by atoms with Crippen molar-refractivity contribution >= 4 is 22.5 Å². The van der Waals surface area contributed by atoms with E-state index in [1.54, 1.807) is 6.08 Å². The normalized spacial score (nSPS) is 11.6. The molecule has 150 valence electrons. The zero-order valence-corrected chi connectivity index (χ0v) is 15.9. The van der Waals surface area contributed by atoms with Crippen LogP contribution >= 0.6 is 11.6 Å². The summed E-state index contributed by atoms with van der Waals surface area (Å²) >= 11 is 5.90. The zero-order chi connectivity index (χ0) is 20.7. The summed E-state index contributed by atoms with van der Waals surface area (Å²) < 4.78 is 21.4. The topological polar surface area (TPSA) is 96.6 Å². The molecule has 0 saturated carbocycles. The van der Waals surface area contributed by atoms with Gasteiger partial charge in [-0.25, -0.2) is 4.39 Å². The molecule has 0 atom stereocenters. The van der Waals surface area contributed by atoms with Crippen LogP contribution < -0.4 is 15.6 Å². The molecule has 0 aliphatic heterocycles. The summed E-state index contributed by atoms with van der Waals surface area (Å²) in [5.41, 5.74) is -0.245. The van der Waals surface area contributed by atoms with E-state index in [1.165, 1.54) is 12.2 Å². The van der Waals surface area contributed by atoms with E-state index in [4.69, 9.17) is 21.4 Å². The molecule has 0 fully saturated rings. The number of ether oxygens (including phenoxy) is 1. The van der Waals surface area contributed by atoms with Gasteiger partial charge in [0.15, 0.2) is 11.0 Å². The van der Waals surface area contributed by atoms with Crippen molar-refractivity contribution in [3.05, 3.63) is 64.3 Å². The lowest BCUT2D eigenvalue weighted by Crippen LogP contribution is -2.25. The molecule has 2 rings (SSSR count). The lowest BCUT2D eigenvalue weighted by atomic mass is 10.2. The van der Waals surface area contributed by atoms with Crippen molar-refractivity contribution in [3.63, 3.8) is 0 Å². The maximum Gasteiger partial charge on any atom is 0.255 e. The maximum atomic E-state index is 14.8. The first-order valence-corrected chi connectivity index (χ1v) is 8.82. The molecule has 0 bridgehead atoms. The lowest BCUT2D eigenvalue weighted by molar-refractivity contribution is 0.273. The number of aromatic hydroxyl groups is 1. The Bertz CT molecular complexity index is 972. The Morgan fingerprint density at radius 2 is 2.18 bits per heavy atom. The van der Waals surface area contributed by atoms with E-state index in [0.29, 0.717) is 18.7 Å². The van der Waals surface area contributed by atoms with Crippen molar-refractivity contribution in [3.8, 4) is 11.6 Å². The molecule has 2 aromatic rings. The number of nitrogens with one attached hydrogen (secondary N) is 1. The van der Waals surface area contributed by atoms with Crippen molar-refractivity contribution in [2.75, 3.05) is 26.3 Å². The van der Waals surface area contributed by atoms with Gasteiger partial charge in [0.25, 0.3) is 5.56 Å². The van der Waals surface area contributed by atoms with Gasteiger partial charge in [-0.3, -0.25) is 4.79 Å². The van der Waals surface area contributed by atoms with E-state index in [0.717, 1.165) is 10.6 Å². The fraction of sp³-hybridized carbons (Fsp3) is 0.263. The third-order valence-corrected chi connectivity index (χ3v) is 4.08. The first-order valence-electron chi connectivity index (χ1n) is 8.44. The minimum atomic E-state index is -0.947. The van der Waals surface area contributed by atoms with Crippen LogP contribution in [0, 0.1) is 5.82 Å². The Kier molecular flexibility index (Phi) is 7.74. The van der Waals surface area contributed by atoms with Crippen LogP contribution in [0.4, 0.5) is 4.39 Å². The third kappa shape index (κ3) is 4.78. The molecule has 2 heterocycles. The number of halogens is 2. The predicted molar refractivity (Wildman–Crippen MR) is 107 cm³/mol. The molecular formula is C19H21ClFN3O4. The Morgan fingerprint density at radius 1 is 1.43 bits per heavy atom. The molecule has 2 aromatic heterocycles. The number of nitrogens with zero attached hydrogens (tertiary/aromatic N) is 2. The molecule has 0 saturated heterocycles. The number of aliphatic hydroxyl groups excluding tert-OH is 1. The number of pyridine rings is 2. The SMILES string of the molecule is C=C/C=C(\C=C)Cn1c(=O)cc(O)c2c(OCCNCCO)nc(Cl)c(F)c21. The second-order valence-corrected chi connectivity index (χ2v) is 6.06. The summed E-state index contributed by atoms with van der Waals surface area (Å²) in [6, 6.07) is 0.961. The van der Waals surface area contributed by atoms with Gasteiger partial charge in [-0.05, 0) is 5.57 Å². The second kappa shape index (κ2) is 10.0. The van der Waals surface area contributed by atoms with Crippen LogP contribution in [0.5, 0.6) is 11.6 Å². The quantitative estimate of drug-likeness (QED) is 0.316. The fourth-order valence-corrected chi connectivity index (χ4v) is 2.74. The van der Waals surface area contributed by atoms with Gasteiger partial charge in [-0.2, -0.15) is 4.98 Å². The standard InChI is InChI=1S/C19H21ClFN3O4/c1-3-5-12(4-2)11-24-14(27)10-13(26)15-17(24)16(21)18(20)23-19(15)28-9-7-22-6-8-25/h3-5,10,22,25-26H,1-2,6-9,11H2/b12-5+. The van der Waals surface area contributed by atoms with Crippen LogP contribution in [0.15, 0.2) is 47.8 Å². The molecule has 0 aliphatic carbocycles. The van der Waals surface area contributed by atoms with Gasteiger partial charge in [0, 0.05) is 19.2 Å². The molecule has 0 spiro atoms. The summed E-state index contributed by atoms with van der Waals surface area (Å²) in [4.78, 5) is 16.3. The van der Waals surface area contributed by atoms with Gasteiger partial charge in [0.2, 0.25) is 5.88 Å². The molecule has 0 unspecified atom stereocenters. The highest BCUT2D eigenvalue weighted by Crippen LogP contribution is 2.35. The highest BCUT2D eigenvalue weighted by atomic mass is 35.5. The average molecular weight is 410 g/mol. The second-order valence-electron chi connectivity index (χ2n) is 5.70. The van der Waals surface area contributed by atoms with Crippen LogP contribution in [-0.4, -0.2) is 46.1 Å². The molecule has 0 amide bonds. The Labute approximate surface area is 166 Å². The third-order valence-electron chi connectivity index (χ3n) is 3.83. The van der Waals surface area contributed by atoms with Crippen LogP contribution in [0.2, 0.25) is 5.15 Å². The smallest absolute Gasteiger partial charge is 0.255 e. The minimum Gasteiger partial charge on any atom is -0.507 e. The minimum absolute atomic E-state index is 0.0140. The number of aliphatic hydroxyl groups is 1. The average Bonchev–Trinajstić information content (AvgIpc) is 2.66. The molecule has 7 nitrogen and oxygen atoms in total. The van der Waals surface area contributed by atoms with Crippen LogP contribution in [0.3, 0.4) is 0 Å². The molecular weight excluding hydrogens is 389 g/mol. The highest BCUT2D eigenvalue weighted by Gasteiger charge is 2.22. The monoisotopic (exact) mass is 409 g/mol. The molecule has 0 aromatic carbocycles. The van der Waals surface area contributed by atoms with Crippen LogP contribution in [-0.2, 0) is 6.54 Å².